The van der Waals surface area contributed by atoms with Gasteiger partial charge in [-0.3, -0.25) is 4.79 Å². The summed E-state index contributed by atoms with van der Waals surface area (Å²) in [5, 5.41) is 3.52. The third-order valence-electron chi connectivity index (χ3n) is 2.87. The Labute approximate surface area is 142 Å². The smallest absolute Gasteiger partial charge is 0.237 e. The third-order valence-corrected chi connectivity index (χ3v) is 5.02. The van der Waals surface area contributed by atoms with Gasteiger partial charge in [0.25, 0.3) is 0 Å². The van der Waals surface area contributed by atoms with Crippen molar-refractivity contribution in [2.75, 3.05) is 5.32 Å². The number of halogens is 2. The van der Waals surface area contributed by atoms with Gasteiger partial charge in [0.15, 0.2) is 0 Å². The summed E-state index contributed by atoms with van der Waals surface area (Å²) in [6.45, 7) is 2.01. The molecule has 0 heterocycles. The zero-order valence-corrected chi connectivity index (χ0v) is 14.6. The van der Waals surface area contributed by atoms with Crippen molar-refractivity contribution in [1.82, 2.24) is 0 Å². The highest BCUT2D eigenvalue weighted by molar-refractivity contribution is 9.10. The third kappa shape index (κ3) is 5.06. The highest BCUT2D eigenvalue weighted by Gasteiger charge is 2.18. The quantitative estimate of drug-likeness (QED) is 0.679. The number of amides is 1. The zero-order valence-electron chi connectivity index (χ0n) is 11.5. The molecule has 0 saturated heterocycles. The molecule has 0 bridgehead atoms. The topological polar surface area (TPSA) is 29.1 Å². The van der Waals surface area contributed by atoms with Gasteiger partial charge in [-0.1, -0.05) is 34.5 Å². The van der Waals surface area contributed by atoms with E-state index >= 15 is 0 Å². The molecule has 0 aliphatic heterocycles. The molecule has 2 aromatic rings. The van der Waals surface area contributed by atoms with Gasteiger partial charge in [-0.05, 0) is 55.0 Å². The second-order valence-electron chi connectivity index (χ2n) is 4.46. The van der Waals surface area contributed by atoms with Crippen LogP contribution in [-0.4, -0.2) is 11.2 Å². The minimum atomic E-state index is -0.130. The van der Waals surface area contributed by atoms with Crippen molar-refractivity contribution in [2.24, 2.45) is 0 Å². The first-order valence-electron chi connectivity index (χ1n) is 6.57. The van der Waals surface area contributed by atoms with Gasteiger partial charge < -0.3 is 5.32 Å². The summed E-state index contributed by atoms with van der Waals surface area (Å²) in [6, 6.07) is 15.1. The first kappa shape index (κ1) is 16.4. The molecular weight excluding hydrogens is 370 g/mol. The van der Waals surface area contributed by atoms with E-state index in [1.54, 1.807) is 11.8 Å². The van der Waals surface area contributed by atoms with Crippen LogP contribution in [-0.2, 0) is 4.79 Å². The van der Waals surface area contributed by atoms with Crippen molar-refractivity contribution < 1.29 is 4.79 Å². The lowest BCUT2D eigenvalue weighted by molar-refractivity contribution is -0.115. The van der Waals surface area contributed by atoms with Crippen LogP contribution < -0.4 is 5.32 Å². The van der Waals surface area contributed by atoms with Gasteiger partial charge in [0.1, 0.15) is 0 Å². The Morgan fingerprint density at radius 3 is 2.38 bits per heavy atom. The van der Waals surface area contributed by atoms with Crippen LogP contribution in [0, 0.1) is 0 Å². The Hall–Kier alpha value is -0.970. The molecule has 1 N–H and O–H groups in total. The average molecular weight is 385 g/mol. The molecule has 2 nitrogen and oxygen atoms in total. The van der Waals surface area contributed by atoms with E-state index in [0.717, 1.165) is 21.5 Å². The van der Waals surface area contributed by atoms with Crippen molar-refractivity contribution in [3.8, 4) is 0 Å². The fraction of sp³-hybridized carbons (Fsp3) is 0.188. The Morgan fingerprint density at radius 1 is 1.19 bits per heavy atom. The predicted molar refractivity (Wildman–Crippen MR) is 94.2 cm³/mol. The van der Waals surface area contributed by atoms with Crippen LogP contribution in [0.3, 0.4) is 0 Å². The number of carbonyl (C=O) groups excluding carboxylic acids is 1. The summed E-state index contributed by atoms with van der Waals surface area (Å²) in [5.41, 5.74) is 0.804. The van der Waals surface area contributed by atoms with Crippen LogP contribution in [0.5, 0.6) is 0 Å². The van der Waals surface area contributed by atoms with Crippen molar-refractivity contribution in [2.45, 2.75) is 23.5 Å². The second-order valence-corrected chi connectivity index (χ2v) is 7.09. The van der Waals surface area contributed by atoms with E-state index in [1.165, 1.54) is 0 Å². The van der Waals surface area contributed by atoms with Gasteiger partial charge in [-0.2, -0.15) is 0 Å². The molecular formula is C16H15BrClNOS. The summed E-state index contributed by atoms with van der Waals surface area (Å²) in [5.74, 6) is 0.0137. The first-order chi connectivity index (χ1) is 10.1. The molecule has 0 radical (unpaired) electrons. The van der Waals surface area contributed by atoms with Crippen molar-refractivity contribution >= 4 is 50.9 Å². The van der Waals surface area contributed by atoms with E-state index in [-0.39, 0.29) is 11.2 Å². The van der Waals surface area contributed by atoms with Gasteiger partial charge in [0, 0.05) is 20.1 Å². The molecule has 0 aromatic heterocycles. The molecule has 0 fully saturated rings. The van der Waals surface area contributed by atoms with Crippen LogP contribution >= 0.6 is 39.3 Å². The molecule has 0 spiro atoms. The number of hydrogen-bond donors (Lipinski definition) is 1. The van der Waals surface area contributed by atoms with Crippen LogP contribution in [0.15, 0.2) is 57.9 Å². The van der Waals surface area contributed by atoms with Gasteiger partial charge in [-0.15, -0.1) is 11.8 Å². The van der Waals surface area contributed by atoms with Gasteiger partial charge in [-0.25, -0.2) is 0 Å². The molecule has 1 amide bonds. The molecule has 0 saturated carbocycles. The predicted octanol–water partition coefficient (Wildman–Crippen LogP) is 5.61. The van der Waals surface area contributed by atoms with Gasteiger partial charge in [0.2, 0.25) is 5.91 Å². The number of nitrogens with one attached hydrogen (secondary N) is 1. The lowest BCUT2D eigenvalue weighted by Gasteiger charge is -2.15. The van der Waals surface area contributed by atoms with E-state index in [2.05, 4.69) is 21.2 Å². The maximum absolute atomic E-state index is 12.3. The monoisotopic (exact) mass is 383 g/mol. The van der Waals surface area contributed by atoms with E-state index in [1.807, 2.05) is 55.5 Å². The number of benzene rings is 2. The van der Waals surface area contributed by atoms with Gasteiger partial charge in [0.05, 0.1) is 5.25 Å². The Morgan fingerprint density at radius 2 is 1.81 bits per heavy atom. The molecule has 1 atom stereocenters. The normalized spacial score (nSPS) is 12.0. The molecule has 2 rings (SSSR count). The van der Waals surface area contributed by atoms with Crippen LogP contribution in [0.1, 0.15) is 13.3 Å². The SMILES string of the molecule is CC[C@H](Sc1ccc(Cl)cc1)C(=O)Nc1ccc(Br)cc1. The summed E-state index contributed by atoms with van der Waals surface area (Å²) in [6.07, 6.45) is 0.760. The molecule has 0 aliphatic carbocycles. The van der Waals surface area contributed by atoms with Crippen molar-refractivity contribution in [3.05, 3.63) is 58.0 Å². The fourth-order valence-corrected chi connectivity index (χ4v) is 3.10. The van der Waals surface area contributed by atoms with Crippen LogP contribution in [0.4, 0.5) is 5.69 Å². The summed E-state index contributed by atoms with van der Waals surface area (Å²) in [7, 11) is 0. The minimum absolute atomic E-state index is 0.0137. The fourth-order valence-electron chi connectivity index (χ4n) is 1.76. The lowest BCUT2D eigenvalue weighted by Crippen LogP contribution is -2.24. The van der Waals surface area contributed by atoms with Crippen LogP contribution in [0.2, 0.25) is 5.02 Å². The number of carbonyl (C=O) groups is 1. The standard InChI is InChI=1S/C16H15BrClNOS/c1-2-15(21-14-9-5-12(18)6-10-14)16(20)19-13-7-3-11(17)4-8-13/h3-10,15H,2H2,1H3,(H,19,20)/t15-/m0/s1. The summed E-state index contributed by atoms with van der Waals surface area (Å²) < 4.78 is 0.989. The second kappa shape index (κ2) is 7.87. The highest BCUT2D eigenvalue weighted by Crippen LogP contribution is 2.27. The Kier molecular flexibility index (Phi) is 6.15. The van der Waals surface area contributed by atoms with Gasteiger partial charge >= 0.3 is 0 Å². The largest absolute Gasteiger partial charge is 0.325 e. The first-order valence-corrected chi connectivity index (χ1v) is 8.62. The molecule has 0 aliphatic rings. The van der Waals surface area contributed by atoms with Crippen molar-refractivity contribution in [3.63, 3.8) is 0 Å². The Bertz CT molecular complexity index is 601. The van der Waals surface area contributed by atoms with E-state index < -0.39 is 0 Å². The number of anilines is 1. The molecule has 5 heteroatoms. The number of hydrogen-bond acceptors (Lipinski definition) is 2. The number of rotatable bonds is 5. The zero-order chi connectivity index (χ0) is 15.2. The average Bonchev–Trinajstić information content (AvgIpc) is 2.49. The van der Waals surface area contributed by atoms with Crippen LogP contribution in [0.25, 0.3) is 0 Å². The maximum Gasteiger partial charge on any atom is 0.237 e. The van der Waals surface area contributed by atoms with E-state index in [0.29, 0.717) is 5.02 Å². The summed E-state index contributed by atoms with van der Waals surface area (Å²) in [4.78, 5) is 13.4. The van der Waals surface area contributed by atoms with E-state index in [9.17, 15) is 4.79 Å². The minimum Gasteiger partial charge on any atom is -0.325 e. The van der Waals surface area contributed by atoms with Crippen molar-refractivity contribution in [1.29, 1.82) is 0 Å². The number of thioether (sulfide) groups is 1. The summed E-state index contributed by atoms with van der Waals surface area (Å²) >= 11 is 10.8. The lowest BCUT2D eigenvalue weighted by atomic mass is 10.3. The van der Waals surface area contributed by atoms with E-state index in [4.69, 9.17) is 11.6 Å². The molecule has 0 unspecified atom stereocenters. The molecule has 110 valence electrons. The molecule has 2 aromatic carbocycles. The highest BCUT2D eigenvalue weighted by atomic mass is 79.9. The molecule has 21 heavy (non-hydrogen) atoms. The Balaban J connectivity index is 2.01. The maximum atomic E-state index is 12.3.